The number of hydrogen-bond acceptors (Lipinski definition) is 2. The normalized spacial score (nSPS) is 11.1. The van der Waals surface area contributed by atoms with Gasteiger partial charge in [-0.2, -0.15) is 0 Å². The van der Waals surface area contributed by atoms with E-state index in [2.05, 4.69) is 21.2 Å². The quantitative estimate of drug-likeness (QED) is 0.830. The third-order valence-electron chi connectivity index (χ3n) is 2.18. The molecule has 94 valence electrons. The molecular weight excluding hydrogens is 282 g/mol. The Morgan fingerprint density at radius 1 is 1.41 bits per heavy atom. The first-order chi connectivity index (χ1) is 7.83. The van der Waals surface area contributed by atoms with E-state index in [4.69, 9.17) is 4.74 Å². The number of aryl methyl sites for hydroxylation is 1. The lowest BCUT2D eigenvalue weighted by atomic mass is 10.1. The number of nitrogens with one attached hydrogen (secondary N) is 1. The van der Waals surface area contributed by atoms with Crippen LogP contribution in [0.1, 0.15) is 31.9 Å². The largest absolute Gasteiger partial charge is 0.444 e. The highest BCUT2D eigenvalue weighted by molar-refractivity contribution is 9.08. The highest BCUT2D eigenvalue weighted by Gasteiger charge is 2.17. The fourth-order valence-electron chi connectivity index (χ4n) is 1.41. The van der Waals surface area contributed by atoms with Crippen LogP contribution in [0.15, 0.2) is 18.2 Å². The van der Waals surface area contributed by atoms with Crippen LogP contribution in [0, 0.1) is 6.92 Å². The lowest BCUT2D eigenvalue weighted by Crippen LogP contribution is -2.27. The summed E-state index contributed by atoms with van der Waals surface area (Å²) in [6, 6.07) is 5.79. The Bertz CT molecular complexity index is 410. The van der Waals surface area contributed by atoms with Crippen molar-refractivity contribution < 1.29 is 9.53 Å². The second-order valence-electron chi connectivity index (χ2n) is 4.86. The zero-order chi connectivity index (χ0) is 13.1. The predicted molar refractivity (Wildman–Crippen MR) is 73.7 cm³/mol. The number of rotatable bonds is 2. The molecule has 1 aromatic rings. The van der Waals surface area contributed by atoms with E-state index in [1.807, 2.05) is 45.9 Å². The van der Waals surface area contributed by atoms with Crippen LogP contribution in [-0.4, -0.2) is 11.7 Å². The van der Waals surface area contributed by atoms with Crippen molar-refractivity contribution in [2.24, 2.45) is 0 Å². The van der Waals surface area contributed by atoms with E-state index >= 15 is 0 Å². The molecule has 0 bridgehead atoms. The van der Waals surface area contributed by atoms with Crippen molar-refractivity contribution in [2.75, 3.05) is 5.32 Å². The van der Waals surface area contributed by atoms with E-state index < -0.39 is 11.7 Å². The van der Waals surface area contributed by atoms with Crippen LogP contribution in [0.5, 0.6) is 0 Å². The molecule has 0 aliphatic heterocycles. The van der Waals surface area contributed by atoms with Gasteiger partial charge in [-0.25, -0.2) is 4.79 Å². The number of anilines is 1. The summed E-state index contributed by atoms with van der Waals surface area (Å²) in [5.41, 5.74) is 2.51. The Morgan fingerprint density at radius 2 is 2.06 bits per heavy atom. The Labute approximate surface area is 111 Å². The van der Waals surface area contributed by atoms with Gasteiger partial charge in [0.1, 0.15) is 5.60 Å². The number of halogens is 1. The highest BCUT2D eigenvalue weighted by Crippen LogP contribution is 2.22. The van der Waals surface area contributed by atoms with Crippen molar-refractivity contribution in [3.63, 3.8) is 0 Å². The van der Waals surface area contributed by atoms with Gasteiger partial charge in [-0.1, -0.05) is 28.1 Å². The molecule has 0 unspecified atom stereocenters. The second-order valence-corrected chi connectivity index (χ2v) is 5.42. The Morgan fingerprint density at radius 3 is 2.59 bits per heavy atom. The lowest BCUT2D eigenvalue weighted by molar-refractivity contribution is 0.0636. The van der Waals surface area contributed by atoms with E-state index in [0.29, 0.717) is 5.33 Å². The van der Waals surface area contributed by atoms with Gasteiger partial charge in [0.25, 0.3) is 0 Å². The summed E-state index contributed by atoms with van der Waals surface area (Å²) in [7, 11) is 0. The number of carbonyl (C=O) groups is 1. The molecule has 0 fully saturated rings. The maximum atomic E-state index is 11.7. The minimum absolute atomic E-state index is 0.426. The second kappa shape index (κ2) is 5.54. The summed E-state index contributed by atoms with van der Waals surface area (Å²) < 4.78 is 5.22. The molecule has 0 spiro atoms. The van der Waals surface area contributed by atoms with Gasteiger partial charge in [-0.3, -0.25) is 5.32 Å². The fourth-order valence-corrected chi connectivity index (χ4v) is 2.15. The van der Waals surface area contributed by atoms with Crippen LogP contribution in [0.4, 0.5) is 10.5 Å². The summed E-state index contributed by atoms with van der Waals surface area (Å²) >= 11 is 3.42. The minimum atomic E-state index is -0.484. The zero-order valence-corrected chi connectivity index (χ0v) is 12.2. The van der Waals surface area contributed by atoms with Gasteiger partial charge < -0.3 is 4.74 Å². The summed E-state index contributed by atoms with van der Waals surface area (Å²) in [5, 5.41) is 3.47. The molecule has 1 rings (SSSR count). The number of benzene rings is 1. The molecule has 0 aromatic heterocycles. The zero-order valence-electron chi connectivity index (χ0n) is 10.6. The minimum Gasteiger partial charge on any atom is -0.444 e. The van der Waals surface area contributed by atoms with Gasteiger partial charge in [0, 0.05) is 11.0 Å². The molecule has 0 atom stereocenters. The van der Waals surface area contributed by atoms with Gasteiger partial charge >= 0.3 is 6.09 Å². The topological polar surface area (TPSA) is 38.3 Å². The molecule has 0 radical (unpaired) electrons. The van der Waals surface area contributed by atoms with E-state index in [1.165, 1.54) is 0 Å². The standard InChI is InChI=1S/C13H18BrNO2/c1-9-6-5-7-11(10(9)8-14)15-12(16)17-13(2,3)4/h5-7H,8H2,1-4H3,(H,15,16). The monoisotopic (exact) mass is 299 g/mol. The first-order valence-corrected chi connectivity index (χ1v) is 6.60. The number of carbonyl (C=O) groups excluding carboxylic acids is 1. The fraction of sp³-hybridized carbons (Fsp3) is 0.462. The molecule has 1 amide bonds. The van der Waals surface area contributed by atoms with Gasteiger partial charge in [0.05, 0.1) is 0 Å². The molecule has 0 heterocycles. The third kappa shape index (κ3) is 4.38. The molecule has 0 aliphatic carbocycles. The van der Waals surface area contributed by atoms with E-state index in [0.717, 1.165) is 16.8 Å². The predicted octanol–water partition coefficient (Wildman–Crippen LogP) is 4.24. The molecule has 4 heteroatoms. The van der Waals surface area contributed by atoms with Crippen molar-refractivity contribution >= 4 is 27.7 Å². The summed E-state index contributed by atoms with van der Waals surface area (Å²) in [6.07, 6.45) is -0.426. The Balaban J connectivity index is 2.82. The number of amides is 1. The molecule has 17 heavy (non-hydrogen) atoms. The van der Waals surface area contributed by atoms with Crippen molar-refractivity contribution in [2.45, 2.75) is 38.6 Å². The van der Waals surface area contributed by atoms with Crippen LogP contribution in [0.2, 0.25) is 0 Å². The number of hydrogen-bond donors (Lipinski definition) is 1. The maximum Gasteiger partial charge on any atom is 0.412 e. The maximum absolute atomic E-state index is 11.7. The molecular formula is C13H18BrNO2. The SMILES string of the molecule is Cc1cccc(NC(=O)OC(C)(C)C)c1CBr. The van der Waals surface area contributed by atoms with Crippen LogP contribution in [-0.2, 0) is 10.1 Å². The number of alkyl halides is 1. The van der Waals surface area contributed by atoms with Gasteiger partial charge in [0.2, 0.25) is 0 Å². The van der Waals surface area contributed by atoms with E-state index in [-0.39, 0.29) is 0 Å². The molecule has 1 N–H and O–H groups in total. The summed E-state index contributed by atoms with van der Waals surface area (Å²) in [6.45, 7) is 7.54. The van der Waals surface area contributed by atoms with Crippen molar-refractivity contribution in [1.29, 1.82) is 0 Å². The first kappa shape index (κ1) is 14.0. The van der Waals surface area contributed by atoms with Crippen molar-refractivity contribution in [3.05, 3.63) is 29.3 Å². The van der Waals surface area contributed by atoms with Crippen LogP contribution < -0.4 is 5.32 Å². The van der Waals surface area contributed by atoms with E-state index in [1.54, 1.807) is 0 Å². The smallest absolute Gasteiger partial charge is 0.412 e. The van der Waals surface area contributed by atoms with Crippen molar-refractivity contribution in [1.82, 2.24) is 0 Å². The molecule has 1 aromatic carbocycles. The summed E-state index contributed by atoms with van der Waals surface area (Å²) in [5.74, 6) is 0. The molecule has 0 saturated carbocycles. The average Bonchev–Trinajstić information content (AvgIpc) is 2.14. The van der Waals surface area contributed by atoms with E-state index in [9.17, 15) is 4.79 Å². The summed E-state index contributed by atoms with van der Waals surface area (Å²) in [4.78, 5) is 11.7. The van der Waals surface area contributed by atoms with Gasteiger partial charge in [-0.15, -0.1) is 0 Å². The van der Waals surface area contributed by atoms with Crippen LogP contribution in [0.25, 0.3) is 0 Å². The highest BCUT2D eigenvalue weighted by atomic mass is 79.9. The number of ether oxygens (including phenoxy) is 1. The van der Waals surface area contributed by atoms with Crippen LogP contribution in [0.3, 0.4) is 0 Å². The molecule has 0 saturated heterocycles. The third-order valence-corrected chi connectivity index (χ3v) is 2.74. The van der Waals surface area contributed by atoms with Crippen LogP contribution >= 0.6 is 15.9 Å². The molecule has 0 aliphatic rings. The van der Waals surface area contributed by atoms with Gasteiger partial charge in [0.15, 0.2) is 0 Å². The first-order valence-electron chi connectivity index (χ1n) is 5.48. The average molecular weight is 300 g/mol. The van der Waals surface area contributed by atoms with Gasteiger partial charge in [-0.05, 0) is 44.9 Å². The Hall–Kier alpha value is -1.03. The lowest BCUT2D eigenvalue weighted by Gasteiger charge is -2.20. The molecule has 3 nitrogen and oxygen atoms in total. The van der Waals surface area contributed by atoms with Crippen molar-refractivity contribution in [3.8, 4) is 0 Å². The Kier molecular flexibility index (Phi) is 4.57.